The molecule has 2 aromatic rings. The van der Waals surface area contributed by atoms with E-state index in [9.17, 15) is 17.6 Å². The lowest BCUT2D eigenvalue weighted by Crippen LogP contribution is -2.30. The summed E-state index contributed by atoms with van der Waals surface area (Å²) >= 11 is 0. The standard InChI is InChI=1S/C14H15F4N3/c1-10(8-21-5-4-19-9-21)20-7-11-2-3-12(15)6-13(11)14(16,17)18/h2-6,9-10,20H,7-8H2,1H3. The van der Waals surface area contributed by atoms with Crippen LogP contribution < -0.4 is 5.32 Å². The van der Waals surface area contributed by atoms with Crippen LogP contribution in [0.1, 0.15) is 18.1 Å². The molecule has 1 heterocycles. The number of halogens is 4. The van der Waals surface area contributed by atoms with Gasteiger partial charge in [0.25, 0.3) is 0 Å². The van der Waals surface area contributed by atoms with Crippen molar-refractivity contribution in [3.8, 4) is 0 Å². The number of nitrogens with zero attached hydrogens (tertiary/aromatic N) is 2. The first kappa shape index (κ1) is 15.5. The van der Waals surface area contributed by atoms with Gasteiger partial charge in [-0.15, -0.1) is 0 Å². The monoisotopic (exact) mass is 301 g/mol. The third-order valence-corrected chi connectivity index (χ3v) is 3.06. The number of benzene rings is 1. The highest BCUT2D eigenvalue weighted by Gasteiger charge is 2.33. The van der Waals surface area contributed by atoms with E-state index in [0.29, 0.717) is 12.6 Å². The number of imidazole rings is 1. The fourth-order valence-corrected chi connectivity index (χ4v) is 2.03. The minimum Gasteiger partial charge on any atom is -0.336 e. The van der Waals surface area contributed by atoms with Gasteiger partial charge in [0.05, 0.1) is 11.9 Å². The van der Waals surface area contributed by atoms with E-state index in [1.807, 2.05) is 11.5 Å². The molecular weight excluding hydrogens is 286 g/mol. The van der Waals surface area contributed by atoms with Gasteiger partial charge >= 0.3 is 6.18 Å². The van der Waals surface area contributed by atoms with Gasteiger partial charge in [0.15, 0.2) is 0 Å². The molecule has 3 nitrogen and oxygen atoms in total. The van der Waals surface area contributed by atoms with Crippen molar-refractivity contribution in [3.63, 3.8) is 0 Å². The van der Waals surface area contributed by atoms with Gasteiger partial charge in [-0.3, -0.25) is 0 Å². The molecule has 2 rings (SSSR count). The molecule has 7 heteroatoms. The van der Waals surface area contributed by atoms with Crippen molar-refractivity contribution < 1.29 is 17.6 Å². The molecule has 0 aliphatic rings. The SMILES string of the molecule is CC(Cn1ccnc1)NCc1ccc(F)cc1C(F)(F)F. The number of aromatic nitrogens is 2. The third-order valence-electron chi connectivity index (χ3n) is 3.06. The lowest BCUT2D eigenvalue weighted by Gasteiger charge is -2.17. The summed E-state index contributed by atoms with van der Waals surface area (Å²) in [5.41, 5.74) is -0.911. The molecule has 0 amide bonds. The first-order valence-corrected chi connectivity index (χ1v) is 6.41. The molecule has 0 aliphatic heterocycles. The van der Waals surface area contributed by atoms with E-state index in [2.05, 4.69) is 10.3 Å². The highest BCUT2D eigenvalue weighted by atomic mass is 19.4. The minimum absolute atomic E-state index is 0.0188. The average molecular weight is 301 g/mol. The van der Waals surface area contributed by atoms with Crippen LogP contribution in [0.25, 0.3) is 0 Å². The molecule has 0 bridgehead atoms. The first-order chi connectivity index (χ1) is 9.86. The normalized spacial score (nSPS) is 13.4. The molecule has 0 radical (unpaired) electrons. The molecule has 1 aromatic heterocycles. The molecule has 1 unspecified atom stereocenters. The Balaban J connectivity index is 2.03. The van der Waals surface area contributed by atoms with Crippen LogP contribution in [0.4, 0.5) is 17.6 Å². The average Bonchev–Trinajstić information content (AvgIpc) is 2.89. The molecule has 21 heavy (non-hydrogen) atoms. The van der Waals surface area contributed by atoms with Crippen molar-refractivity contribution in [2.24, 2.45) is 0 Å². The van der Waals surface area contributed by atoms with Crippen molar-refractivity contribution in [2.45, 2.75) is 32.2 Å². The molecule has 0 saturated heterocycles. The topological polar surface area (TPSA) is 29.9 Å². The van der Waals surface area contributed by atoms with E-state index in [-0.39, 0.29) is 18.2 Å². The number of rotatable bonds is 5. The largest absolute Gasteiger partial charge is 0.416 e. The summed E-state index contributed by atoms with van der Waals surface area (Å²) in [7, 11) is 0. The van der Waals surface area contributed by atoms with Crippen molar-refractivity contribution in [2.75, 3.05) is 0 Å². The summed E-state index contributed by atoms with van der Waals surface area (Å²) in [6, 6.07) is 2.67. The molecule has 0 saturated carbocycles. The molecule has 1 aromatic carbocycles. The van der Waals surface area contributed by atoms with Crippen LogP contribution in [-0.2, 0) is 19.3 Å². The summed E-state index contributed by atoms with van der Waals surface area (Å²) in [4.78, 5) is 3.89. The van der Waals surface area contributed by atoms with Crippen molar-refractivity contribution in [3.05, 3.63) is 53.9 Å². The van der Waals surface area contributed by atoms with E-state index in [4.69, 9.17) is 0 Å². The lowest BCUT2D eigenvalue weighted by atomic mass is 10.1. The highest BCUT2D eigenvalue weighted by molar-refractivity contribution is 5.30. The van der Waals surface area contributed by atoms with Crippen LogP contribution in [0.5, 0.6) is 0 Å². The Bertz CT molecular complexity index is 578. The van der Waals surface area contributed by atoms with Gasteiger partial charge in [0.2, 0.25) is 0 Å². The molecule has 114 valence electrons. The predicted octanol–water partition coefficient (Wildman–Crippen LogP) is 3.22. The fraction of sp³-hybridized carbons (Fsp3) is 0.357. The minimum atomic E-state index is -4.56. The molecule has 0 aliphatic carbocycles. The van der Waals surface area contributed by atoms with Gasteiger partial charge in [0.1, 0.15) is 5.82 Å². The number of nitrogens with one attached hydrogen (secondary N) is 1. The van der Waals surface area contributed by atoms with Gasteiger partial charge in [-0.05, 0) is 24.6 Å². The molecular formula is C14H15F4N3. The van der Waals surface area contributed by atoms with E-state index in [1.54, 1.807) is 18.7 Å². The Morgan fingerprint density at radius 2 is 2.10 bits per heavy atom. The lowest BCUT2D eigenvalue weighted by molar-refractivity contribution is -0.138. The number of hydrogen-bond acceptors (Lipinski definition) is 2. The Labute approximate surface area is 119 Å². The Morgan fingerprint density at radius 1 is 1.33 bits per heavy atom. The summed E-state index contributed by atoms with van der Waals surface area (Å²) in [5.74, 6) is -0.891. The second kappa shape index (κ2) is 6.26. The summed E-state index contributed by atoms with van der Waals surface area (Å²) in [6.07, 6.45) is 0.482. The van der Waals surface area contributed by atoms with Crippen LogP contribution in [0.15, 0.2) is 36.9 Å². The van der Waals surface area contributed by atoms with Crippen LogP contribution >= 0.6 is 0 Å². The molecule has 0 spiro atoms. The summed E-state index contributed by atoms with van der Waals surface area (Å²) < 4.78 is 53.4. The zero-order valence-corrected chi connectivity index (χ0v) is 11.4. The summed E-state index contributed by atoms with van der Waals surface area (Å²) in [6.45, 7) is 2.46. The maximum atomic E-state index is 13.0. The second-order valence-electron chi connectivity index (χ2n) is 4.84. The van der Waals surface area contributed by atoms with Gasteiger partial charge < -0.3 is 9.88 Å². The van der Waals surface area contributed by atoms with Gasteiger partial charge in [-0.2, -0.15) is 13.2 Å². The Morgan fingerprint density at radius 3 is 2.71 bits per heavy atom. The van der Waals surface area contributed by atoms with E-state index < -0.39 is 17.6 Å². The predicted molar refractivity (Wildman–Crippen MR) is 69.9 cm³/mol. The number of hydrogen-bond donors (Lipinski definition) is 1. The molecule has 0 fully saturated rings. The van der Waals surface area contributed by atoms with Crippen molar-refractivity contribution in [1.29, 1.82) is 0 Å². The van der Waals surface area contributed by atoms with E-state index in [0.717, 1.165) is 12.1 Å². The fourth-order valence-electron chi connectivity index (χ4n) is 2.03. The van der Waals surface area contributed by atoms with Crippen molar-refractivity contribution in [1.82, 2.24) is 14.9 Å². The zero-order valence-electron chi connectivity index (χ0n) is 11.4. The van der Waals surface area contributed by atoms with Crippen molar-refractivity contribution >= 4 is 0 Å². The Hall–Kier alpha value is -1.89. The van der Waals surface area contributed by atoms with Crippen LogP contribution in [0, 0.1) is 5.82 Å². The van der Waals surface area contributed by atoms with Gasteiger partial charge in [0, 0.05) is 31.5 Å². The van der Waals surface area contributed by atoms with Gasteiger partial charge in [-0.1, -0.05) is 6.07 Å². The quantitative estimate of drug-likeness (QED) is 0.859. The van der Waals surface area contributed by atoms with Crippen LogP contribution in [0.3, 0.4) is 0 Å². The Kier molecular flexibility index (Phi) is 4.62. The second-order valence-corrected chi connectivity index (χ2v) is 4.84. The van der Waals surface area contributed by atoms with E-state index in [1.165, 1.54) is 0 Å². The first-order valence-electron chi connectivity index (χ1n) is 6.41. The van der Waals surface area contributed by atoms with Crippen LogP contribution in [0.2, 0.25) is 0 Å². The highest BCUT2D eigenvalue weighted by Crippen LogP contribution is 2.32. The summed E-state index contributed by atoms with van der Waals surface area (Å²) in [5, 5.41) is 3.00. The maximum Gasteiger partial charge on any atom is 0.416 e. The number of alkyl halides is 3. The molecule has 1 atom stereocenters. The van der Waals surface area contributed by atoms with E-state index >= 15 is 0 Å². The molecule has 1 N–H and O–H groups in total. The van der Waals surface area contributed by atoms with Crippen LogP contribution in [-0.4, -0.2) is 15.6 Å². The maximum absolute atomic E-state index is 13.0. The van der Waals surface area contributed by atoms with Gasteiger partial charge in [-0.25, -0.2) is 9.37 Å². The smallest absolute Gasteiger partial charge is 0.336 e. The zero-order chi connectivity index (χ0) is 15.5. The third kappa shape index (κ3) is 4.29.